The number of sulfonamides is 1. The smallest absolute Gasteiger partial charge is 0.261 e. The molecule has 25 heavy (non-hydrogen) atoms. The van der Waals surface area contributed by atoms with Crippen LogP contribution in [0.4, 0.5) is 11.4 Å². The summed E-state index contributed by atoms with van der Waals surface area (Å²) in [4.78, 5) is 2.41. The first-order valence-electron chi connectivity index (χ1n) is 7.92. The Kier molecular flexibility index (Phi) is 5.51. The van der Waals surface area contributed by atoms with Crippen molar-refractivity contribution in [3.63, 3.8) is 0 Å². The number of piperazine rings is 1. The van der Waals surface area contributed by atoms with Crippen LogP contribution in [0.2, 0.25) is 0 Å². The second-order valence-corrected chi connectivity index (χ2v) is 8.28. The molecule has 0 bridgehead atoms. The number of nitrogens with one attached hydrogen (secondary N) is 2. The summed E-state index contributed by atoms with van der Waals surface area (Å²) >= 11 is 3.31. The van der Waals surface area contributed by atoms with Gasteiger partial charge in [-0.05, 0) is 42.5 Å². The van der Waals surface area contributed by atoms with Crippen LogP contribution in [0, 0.1) is 0 Å². The number of anilines is 2. The Balaban J connectivity index is 1.88. The summed E-state index contributed by atoms with van der Waals surface area (Å²) in [5.41, 5.74) is 1.40. The quantitative estimate of drug-likeness (QED) is 0.770. The van der Waals surface area contributed by atoms with Crippen molar-refractivity contribution in [1.29, 1.82) is 0 Å². The highest BCUT2D eigenvalue weighted by atomic mass is 79.9. The second kappa shape index (κ2) is 7.63. The highest BCUT2D eigenvalue weighted by Gasteiger charge is 2.18. The van der Waals surface area contributed by atoms with E-state index in [4.69, 9.17) is 4.74 Å². The van der Waals surface area contributed by atoms with Crippen LogP contribution in [0.5, 0.6) is 5.75 Å². The maximum Gasteiger partial charge on any atom is 0.261 e. The summed E-state index contributed by atoms with van der Waals surface area (Å²) < 4.78 is 34.1. The number of halogens is 1. The van der Waals surface area contributed by atoms with E-state index >= 15 is 0 Å². The van der Waals surface area contributed by atoms with Crippen molar-refractivity contribution in [3.05, 3.63) is 46.9 Å². The molecule has 2 aromatic rings. The summed E-state index contributed by atoms with van der Waals surface area (Å²) in [5, 5.41) is 3.30. The largest absolute Gasteiger partial charge is 0.495 e. The Labute approximate surface area is 156 Å². The van der Waals surface area contributed by atoms with Gasteiger partial charge in [0.2, 0.25) is 0 Å². The first kappa shape index (κ1) is 18.0. The van der Waals surface area contributed by atoms with Gasteiger partial charge in [-0.25, -0.2) is 8.42 Å². The third-order valence-electron chi connectivity index (χ3n) is 4.01. The standard InChI is InChI=1S/C17H20BrN3O3S/c1-24-17-7-4-14(12-16(17)21-10-8-19-9-11-21)20-25(22,23)15-5-2-13(18)3-6-15/h2-7,12,19-20H,8-11H2,1H3. The highest BCUT2D eigenvalue weighted by molar-refractivity contribution is 9.10. The lowest BCUT2D eigenvalue weighted by Crippen LogP contribution is -2.43. The van der Waals surface area contributed by atoms with Crippen molar-refractivity contribution < 1.29 is 13.2 Å². The van der Waals surface area contributed by atoms with E-state index in [1.165, 1.54) is 0 Å². The highest BCUT2D eigenvalue weighted by Crippen LogP contribution is 2.32. The summed E-state index contributed by atoms with van der Waals surface area (Å²) in [5.74, 6) is 0.730. The van der Waals surface area contributed by atoms with Crippen LogP contribution >= 0.6 is 15.9 Å². The van der Waals surface area contributed by atoms with Crippen molar-refractivity contribution in [2.75, 3.05) is 42.9 Å². The summed E-state index contributed by atoms with van der Waals surface area (Å²) in [6.45, 7) is 3.47. The molecular formula is C17H20BrN3O3S. The molecule has 134 valence electrons. The van der Waals surface area contributed by atoms with E-state index in [0.29, 0.717) is 5.69 Å². The molecular weight excluding hydrogens is 406 g/mol. The zero-order valence-corrected chi connectivity index (χ0v) is 16.2. The minimum Gasteiger partial charge on any atom is -0.495 e. The molecule has 2 aromatic carbocycles. The second-order valence-electron chi connectivity index (χ2n) is 5.68. The molecule has 1 aliphatic rings. The lowest BCUT2D eigenvalue weighted by Gasteiger charge is -2.31. The van der Waals surface area contributed by atoms with Gasteiger partial charge in [0.15, 0.2) is 0 Å². The number of methoxy groups -OCH3 is 1. The van der Waals surface area contributed by atoms with Crippen molar-refractivity contribution in [2.45, 2.75) is 4.90 Å². The predicted octanol–water partition coefficient (Wildman–Crippen LogP) is 2.67. The van der Waals surface area contributed by atoms with E-state index in [2.05, 4.69) is 30.9 Å². The lowest BCUT2D eigenvalue weighted by atomic mass is 10.2. The van der Waals surface area contributed by atoms with Gasteiger partial charge >= 0.3 is 0 Å². The maximum atomic E-state index is 12.6. The molecule has 0 saturated carbocycles. The van der Waals surface area contributed by atoms with Gasteiger partial charge in [-0.2, -0.15) is 0 Å². The molecule has 0 radical (unpaired) electrons. The minimum absolute atomic E-state index is 0.218. The van der Waals surface area contributed by atoms with Crippen molar-refractivity contribution in [1.82, 2.24) is 5.32 Å². The molecule has 1 aliphatic heterocycles. The van der Waals surface area contributed by atoms with E-state index in [-0.39, 0.29) is 4.90 Å². The summed E-state index contributed by atoms with van der Waals surface area (Å²) in [7, 11) is -2.02. The number of ether oxygens (including phenoxy) is 1. The van der Waals surface area contributed by atoms with Crippen molar-refractivity contribution in [3.8, 4) is 5.75 Å². The molecule has 6 nitrogen and oxygen atoms in total. The molecule has 0 atom stereocenters. The van der Waals surface area contributed by atoms with Gasteiger partial charge in [-0.1, -0.05) is 15.9 Å². The van der Waals surface area contributed by atoms with E-state index < -0.39 is 10.0 Å². The SMILES string of the molecule is COc1ccc(NS(=O)(=O)c2ccc(Br)cc2)cc1N1CCNCC1. The third kappa shape index (κ3) is 4.26. The Morgan fingerprint density at radius 3 is 2.44 bits per heavy atom. The van der Waals surface area contributed by atoms with Crippen LogP contribution in [-0.4, -0.2) is 41.7 Å². The number of benzene rings is 2. The zero-order chi connectivity index (χ0) is 17.9. The van der Waals surface area contributed by atoms with Gasteiger partial charge in [0.1, 0.15) is 5.75 Å². The molecule has 0 unspecified atom stereocenters. The minimum atomic E-state index is -3.64. The molecule has 0 aromatic heterocycles. The van der Waals surface area contributed by atoms with Gasteiger partial charge < -0.3 is 15.0 Å². The van der Waals surface area contributed by atoms with E-state index in [9.17, 15) is 8.42 Å². The Bertz CT molecular complexity index is 835. The zero-order valence-electron chi connectivity index (χ0n) is 13.8. The topological polar surface area (TPSA) is 70.7 Å². The summed E-state index contributed by atoms with van der Waals surface area (Å²) in [6.07, 6.45) is 0. The average Bonchev–Trinajstić information content (AvgIpc) is 2.62. The van der Waals surface area contributed by atoms with Gasteiger partial charge in [0.25, 0.3) is 10.0 Å². The molecule has 0 spiro atoms. The Morgan fingerprint density at radius 1 is 1.12 bits per heavy atom. The first-order chi connectivity index (χ1) is 12.0. The van der Waals surface area contributed by atoms with Gasteiger partial charge in [0.05, 0.1) is 23.4 Å². The van der Waals surface area contributed by atoms with Crippen LogP contribution in [0.25, 0.3) is 0 Å². The molecule has 1 fully saturated rings. The van der Waals surface area contributed by atoms with Gasteiger partial charge in [-0.15, -0.1) is 0 Å². The molecule has 8 heteroatoms. The molecule has 0 aliphatic carbocycles. The fourth-order valence-electron chi connectivity index (χ4n) is 2.73. The van der Waals surface area contributed by atoms with E-state index in [0.717, 1.165) is 42.1 Å². The molecule has 3 rings (SSSR count). The third-order valence-corrected chi connectivity index (χ3v) is 5.94. The van der Waals surface area contributed by atoms with Crippen LogP contribution in [0.1, 0.15) is 0 Å². The number of hydrogen-bond donors (Lipinski definition) is 2. The van der Waals surface area contributed by atoms with Crippen molar-refractivity contribution in [2.24, 2.45) is 0 Å². The summed E-state index contributed by atoms with van der Waals surface area (Å²) in [6, 6.07) is 11.8. The normalized spacial score (nSPS) is 15.0. The maximum absolute atomic E-state index is 12.6. The fourth-order valence-corrected chi connectivity index (χ4v) is 4.05. The first-order valence-corrected chi connectivity index (χ1v) is 10.2. The number of nitrogens with zero attached hydrogens (tertiary/aromatic N) is 1. The Hall–Kier alpha value is -1.77. The Morgan fingerprint density at radius 2 is 1.80 bits per heavy atom. The fraction of sp³-hybridized carbons (Fsp3) is 0.294. The van der Waals surface area contributed by atoms with Crippen LogP contribution in [0.15, 0.2) is 51.8 Å². The van der Waals surface area contributed by atoms with Gasteiger partial charge in [-0.3, -0.25) is 4.72 Å². The van der Waals surface area contributed by atoms with E-state index in [1.54, 1.807) is 43.5 Å². The molecule has 0 amide bonds. The number of hydrogen-bond acceptors (Lipinski definition) is 5. The average molecular weight is 426 g/mol. The molecule has 2 N–H and O–H groups in total. The molecule has 1 saturated heterocycles. The van der Waals surface area contributed by atoms with Gasteiger partial charge in [0, 0.05) is 30.7 Å². The van der Waals surface area contributed by atoms with Crippen molar-refractivity contribution >= 4 is 37.3 Å². The number of rotatable bonds is 5. The predicted molar refractivity (Wildman–Crippen MR) is 103 cm³/mol. The monoisotopic (exact) mass is 425 g/mol. The van der Waals surface area contributed by atoms with Crippen LogP contribution in [0.3, 0.4) is 0 Å². The lowest BCUT2D eigenvalue weighted by molar-refractivity contribution is 0.413. The van der Waals surface area contributed by atoms with E-state index in [1.807, 2.05) is 6.07 Å². The van der Waals surface area contributed by atoms with Crippen LogP contribution in [-0.2, 0) is 10.0 Å². The van der Waals surface area contributed by atoms with Crippen LogP contribution < -0.4 is 19.7 Å². The molecule has 1 heterocycles.